The van der Waals surface area contributed by atoms with Crippen molar-refractivity contribution in [3.63, 3.8) is 0 Å². The molecular weight excluding hydrogens is 948 g/mol. The van der Waals surface area contributed by atoms with Crippen molar-refractivity contribution in [2.45, 2.75) is 116 Å². The van der Waals surface area contributed by atoms with Gasteiger partial charge in [0.05, 0.1) is 41.4 Å². The number of carbonyl (C=O) groups is 3. The fraction of sp³-hybridized carbons (Fsp3) is 0.500. The number of ether oxygens (including phenoxy) is 3. The lowest BCUT2D eigenvalue weighted by atomic mass is 9.85. The van der Waals surface area contributed by atoms with E-state index >= 15 is 13.2 Å². The Morgan fingerprint density at radius 1 is 0.972 bits per heavy atom. The fourth-order valence-corrected chi connectivity index (χ4v) is 10.1. The highest BCUT2D eigenvalue weighted by molar-refractivity contribution is 7.13. The van der Waals surface area contributed by atoms with E-state index in [1.54, 1.807) is 31.2 Å². The summed E-state index contributed by atoms with van der Waals surface area (Å²) in [5.74, 6) is -7.33. The summed E-state index contributed by atoms with van der Waals surface area (Å²) in [7, 11) is 0. The Hall–Kier alpha value is -5.47. The largest absolute Gasteiger partial charge is 0.493 e. The number of nitrogens with zero attached hydrogens (tertiary/aromatic N) is 3. The molecule has 0 saturated carbocycles. The van der Waals surface area contributed by atoms with Crippen molar-refractivity contribution in [1.29, 1.82) is 0 Å². The van der Waals surface area contributed by atoms with Gasteiger partial charge in [-0.3, -0.25) is 19.3 Å². The van der Waals surface area contributed by atoms with E-state index < -0.39 is 90.4 Å². The fourth-order valence-electron chi connectivity index (χ4n) is 9.29. The van der Waals surface area contributed by atoms with Crippen LogP contribution in [-0.4, -0.2) is 125 Å². The summed E-state index contributed by atoms with van der Waals surface area (Å²) < 4.78 is 92.6. The molecule has 71 heavy (non-hydrogen) atoms. The Labute approximate surface area is 414 Å². The number of hydrogen-bond donors (Lipinski definition) is 4. The minimum absolute atomic E-state index is 0.0106. The molecule has 13 nitrogen and oxygen atoms in total. The van der Waals surface area contributed by atoms with Crippen molar-refractivity contribution in [2.75, 3.05) is 46.1 Å². The second-order valence-corrected chi connectivity index (χ2v) is 21.1. The molecule has 4 heterocycles. The summed E-state index contributed by atoms with van der Waals surface area (Å²) in [6.07, 6.45) is -0.351. The molecule has 5 atom stereocenters. The van der Waals surface area contributed by atoms with Crippen LogP contribution in [0.3, 0.4) is 0 Å². The zero-order chi connectivity index (χ0) is 51.4. The molecule has 7 rings (SSSR count). The Morgan fingerprint density at radius 3 is 2.32 bits per heavy atom. The Kier molecular flexibility index (Phi) is 16.6. The van der Waals surface area contributed by atoms with Crippen LogP contribution in [0.4, 0.5) is 22.0 Å². The van der Waals surface area contributed by atoms with Crippen molar-refractivity contribution in [2.24, 2.45) is 5.41 Å². The van der Waals surface area contributed by atoms with Crippen molar-refractivity contribution in [3.8, 4) is 16.2 Å². The van der Waals surface area contributed by atoms with Gasteiger partial charge < -0.3 is 39.8 Å². The molecule has 1 fully saturated rings. The molecule has 0 bridgehead atoms. The maximum absolute atomic E-state index is 16.0. The number of amides is 3. The van der Waals surface area contributed by atoms with Gasteiger partial charge in [0.1, 0.15) is 55.0 Å². The van der Waals surface area contributed by atoms with E-state index in [0.717, 1.165) is 50.3 Å². The van der Waals surface area contributed by atoms with Gasteiger partial charge >= 0.3 is 0 Å². The summed E-state index contributed by atoms with van der Waals surface area (Å²) in [6.45, 7) is 8.38. The predicted octanol–water partition coefficient (Wildman–Crippen LogP) is 8.21. The summed E-state index contributed by atoms with van der Waals surface area (Å²) >= 11 is 1.53. The van der Waals surface area contributed by atoms with Gasteiger partial charge in [-0.2, -0.15) is 0 Å². The van der Waals surface area contributed by atoms with Crippen molar-refractivity contribution in [3.05, 3.63) is 106 Å². The number of H-pyrrole nitrogens is 1. The van der Waals surface area contributed by atoms with Gasteiger partial charge in [0.2, 0.25) is 17.7 Å². The lowest BCUT2D eigenvalue weighted by molar-refractivity contribution is -0.147. The van der Waals surface area contributed by atoms with Gasteiger partial charge in [0.15, 0.2) is 0 Å². The highest BCUT2D eigenvalue weighted by Crippen LogP contribution is 2.44. The van der Waals surface area contributed by atoms with Gasteiger partial charge in [0, 0.05) is 72.8 Å². The lowest BCUT2D eigenvalue weighted by Gasteiger charge is -2.43. The number of aromatic nitrogens is 2. The van der Waals surface area contributed by atoms with Gasteiger partial charge in [-0.05, 0) is 62.3 Å². The Morgan fingerprint density at radius 2 is 1.66 bits per heavy atom. The lowest BCUT2D eigenvalue weighted by Crippen LogP contribution is -2.58. The van der Waals surface area contributed by atoms with Crippen LogP contribution >= 0.6 is 11.3 Å². The predicted molar refractivity (Wildman–Crippen MR) is 260 cm³/mol. The van der Waals surface area contributed by atoms with E-state index in [9.17, 15) is 28.3 Å². The summed E-state index contributed by atoms with van der Waals surface area (Å²) in [6, 6.07) is 13.9. The van der Waals surface area contributed by atoms with Crippen LogP contribution < -0.4 is 15.4 Å². The standard InChI is InChI=1S/C52H63F5N6O7S/c1-30-19-37-36-11-8-9-12-40(36)60-44(37)45(63(30)26-51(6,7)55)43-38(53)21-35(22-39(43)54)70-18-10-17-68-27-52(56,57)28-69-25-42(65)61-47(50(3,4)5)49(67)62-24-34(64)20-41(62)48(66)58-23-32-13-15-33(16-14-32)46-31(2)59-29-71-46/h8-9,11-16,21-22,29-30,34,41,45,47,60,64H,10,17-20,23-28H2,1-7H3,(H,58,66)(H,61,65)/t30-,34-,41+,45-,47?/m1/s1. The number of nitrogens with one attached hydrogen (secondary N) is 3. The number of carbonyl (C=O) groups excluding carboxylic acids is 3. The van der Waals surface area contributed by atoms with Gasteiger partial charge in [0.25, 0.3) is 5.92 Å². The van der Waals surface area contributed by atoms with Crippen LogP contribution in [0.5, 0.6) is 5.75 Å². The highest BCUT2D eigenvalue weighted by Gasteiger charge is 2.45. The van der Waals surface area contributed by atoms with E-state index in [4.69, 9.17) is 14.2 Å². The van der Waals surface area contributed by atoms with E-state index in [0.29, 0.717) is 12.1 Å². The third-order valence-corrected chi connectivity index (χ3v) is 13.7. The quantitative estimate of drug-likeness (QED) is 0.0446. The van der Waals surface area contributed by atoms with Gasteiger partial charge in [-0.25, -0.2) is 26.9 Å². The molecule has 0 aliphatic carbocycles. The molecule has 2 aromatic heterocycles. The summed E-state index contributed by atoms with van der Waals surface area (Å²) in [5, 5.41) is 16.9. The maximum Gasteiger partial charge on any atom is 0.293 e. The van der Waals surface area contributed by atoms with Crippen LogP contribution in [-0.2, 0) is 36.8 Å². The molecule has 4 N–H and O–H groups in total. The Bertz CT molecular complexity index is 2640. The number of rotatable bonds is 20. The van der Waals surface area contributed by atoms with Crippen LogP contribution in [0.15, 0.2) is 66.2 Å². The van der Waals surface area contributed by atoms with Crippen molar-refractivity contribution >= 4 is 40.0 Å². The van der Waals surface area contributed by atoms with Gasteiger partial charge in [-0.15, -0.1) is 11.3 Å². The average Bonchev–Trinajstić information content (AvgIpc) is 4.02. The first kappa shape index (κ1) is 53.3. The molecule has 384 valence electrons. The molecule has 3 aromatic carbocycles. The molecule has 0 spiro atoms. The molecular formula is C52H63F5N6O7S. The zero-order valence-electron chi connectivity index (χ0n) is 41.1. The SMILES string of the molecule is Cc1ncsc1-c1ccc(CNC(=O)[C@@H]2C[C@@H](O)CN2C(=O)C(NC(=O)COCC(F)(F)COCCCOc2cc(F)c([C@@H]3c4[nH]c5ccccc5c4C[C@@H](C)N3CC(C)(C)F)c(F)c2)C(C)(C)C)cc1. The summed E-state index contributed by atoms with van der Waals surface area (Å²) in [5.41, 5.74) is 4.05. The third-order valence-electron chi connectivity index (χ3n) is 12.7. The number of aliphatic hydroxyl groups is 1. The number of halogens is 5. The first-order valence-electron chi connectivity index (χ1n) is 23.7. The third kappa shape index (κ3) is 13.1. The zero-order valence-corrected chi connectivity index (χ0v) is 41.9. The minimum Gasteiger partial charge on any atom is -0.493 e. The number of aliphatic hydroxyl groups excluding tert-OH is 1. The number of aryl methyl sites for hydroxylation is 1. The number of alkyl halides is 3. The van der Waals surface area contributed by atoms with Crippen molar-refractivity contribution < 1.29 is 55.7 Å². The first-order chi connectivity index (χ1) is 33.5. The monoisotopic (exact) mass is 1010 g/mol. The topological polar surface area (TPSA) is 158 Å². The molecule has 1 saturated heterocycles. The molecule has 2 aliphatic heterocycles. The number of fused-ring (bicyclic) bond motifs is 3. The molecule has 3 amide bonds. The van der Waals surface area contributed by atoms with E-state index in [1.807, 2.05) is 62.4 Å². The number of β-amino-alcohol motifs (C(OH)–C–C–N with tert-alkyl or cyclic N) is 1. The second kappa shape index (κ2) is 22.1. The number of aromatic amines is 1. The number of para-hydroxylation sites is 1. The van der Waals surface area contributed by atoms with E-state index in [2.05, 4.69) is 20.6 Å². The number of thiazole rings is 1. The van der Waals surface area contributed by atoms with Crippen LogP contribution in [0.1, 0.15) is 88.5 Å². The van der Waals surface area contributed by atoms with Gasteiger partial charge in [-0.1, -0.05) is 63.2 Å². The minimum atomic E-state index is -3.51. The Balaban J connectivity index is 0.855. The average molecular weight is 1010 g/mol. The van der Waals surface area contributed by atoms with Crippen LogP contribution in [0.2, 0.25) is 0 Å². The number of likely N-dealkylation sites (tertiary alicyclic amines) is 1. The highest BCUT2D eigenvalue weighted by atomic mass is 32.1. The molecule has 5 aromatic rings. The molecule has 1 unspecified atom stereocenters. The summed E-state index contributed by atoms with van der Waals surface area (Å²) in [4.78, 5) is 52.1. The van der Waals surface area contributed by atoms with Crippen LogP contribution in [0, 0.1) is 24.0 Å². The van der Waals surface area contributed by atoms with E-state index in [-0.39, 0.29) is 63.0 Å². The van der Waals surface area contributed by atoms with E-state index in [1.165, 1.54) is 30.1 Å². The maximum atomic E-state index is 16.0. The second-order valence-electron chi connectivity index (χ2n) is 20.3. The smallest absolute Gasteiger partial charge is 0.293 e. The molecule has 2 aliphatic rings. The first-order valence-corrected chi connectivity index (χ1v) is 24.6. The van der Waals surface area contributed by atoms with Crippen molar-refractivity contribution in [1.82, 2.24) is 30.4 Å². The molecule has 19 heteroatoms. The molecule has 0 radical (unpaired) electrons. The number of benzene rings is 3. The number of hydrogen-bond acceptors (Lipinski definition) is 10. The van der Waals surface area contributed by atoms with Crippen LogP contribution in [0.25, 0.3) is 21.3 Å². The normalized spacial score (nSPS) is 19.2.